The van der Waals surface area contributed by atoms with Crippen molar-refractivity contribution in [3.8, 4) is 0 Å². The highest BCUT2D eigenvalue weighted by molar-refractivity contribution is 5.14. The van der Waals surface area contributed by atoms with E-state index in [1.54, 1.807) is 0 Å². The Morgan fingerprint density at radius 1 is 1.24 bits per heavy atom. The summed E-state index contributed by atoms with van der Waals surface area (Å²) in [5, 5.41) is 0. The molecule has 1 heterocycles. The number of rotatable bonds is 4. The van der Waals surface area contributed by atoms with Crippen LogP contribution in [0, 0.1) is 11.8 Å². The van der Waals surface area contributed by atoms with Gasteiger partial charge in [0.05, 0.1) is 0 Å². The van der Waals surface area contributed by atoms with E-state index in [1.165, 1.54) is 36.9 Å². The maximum Gasteiger partial charge on any atom is 0.0406 e. The van der Waals surface area contributed by atoms with Gasteiger partial charge in [0, 0.05) is 11.9 Å². The lowest BCUT2D eigenvalue weighted by molar-refractivity contribution is 0.240. The molecule has 0 spiro atoms. The van der Waals surface area contributed by atoms with Gasteiger partial charge in [0.15, 0.2) is 0 Å². The van der Waals surface area contributed by atoms with E-state index in [2.05, 4.69) is 24.0 Å². The van der Waals surface area contributed by atoms with Crippen LogP contribution in [0.25, 0.3) is 0 Å². The largest absolute Gasteiger partial charge is 0.330 e. The van der Waals surface area contributed by atoms with Crippen LogP contribution in [0.1, 0.15) is 43.9 Å². The number of hydrogen-bond donors (Lipinski definition) is 1. The van der Waals surface area contributed by atoms with Crippen LogP contribution in [0.4, 0.5) is 0 Å². The predicted octanol–water partition coefficient (Wildman–Crippen LogP) is 2.95. The number of nitrogens with two attached hydrogens (primary N) is 1. The van der Waals surface area contributed by atoms with Crippen molar-refractivity contribution in [2.45, 2.75) is 45.4 Å². The second-order valence-electron chi connectivity index (χ2n) is 5.26. The zero-order chi connectivity index (χ0) is 12.1. The minimum atomic E-state index is 0.719. The lowest BCUT2D eigenvalue weighted by atomic mass is 9.77. The van der Waals surface area contributed by atoms with Crippen molar-refractivity contribution < 1.29 is 0 Å². The number of hydrogen-bond acceptors (Lipinski definition) is 2. The molecule has 1 aromatic rings. The lowest BCUT2D eigenvalue weighted by Gasteiger charge is -2.30. The minimum absolute atomic E-state index is 0.719. The number of nitrogens with zero attached hydrogens (tertiary/aromatic N) is 1. The molecule has 94 valence electrons. The minimum Gasteiger partial charge on any atom is -0.330 e. The normalized spacial score (nSPS) is 24.8. The molecule has 0 bridgehead atoms. The SMILES string of the molecule is CCc1ccc(CC2CCCCC2CN)nc1. The van der Waals surface area contributed by atoms with Gasteiger partial charge < -0.3 is 5.73 Å². The third-order valence-electron chi connectivity index (χ3n) is 4.13. The van der Waals surface area contributed by atoms with Crippen molar-refractivity contribution in [2.24, 2.45) is 17.6 Å². The first kappa shape index (κ1) is 12.6. The highest BCUT2D eigenvalue weighted by Crippen LogP contribution is 2.31. The predicted molar refractivity (Wildman–Crippen MR) is 71.8 cm³/mol. The van der Waals surface area contributed by atoms with Gasteiger partial charge in [-0.15, -0.1) is 0 Å². The Bertz CT molecular complexity index is 331. The molecule has 2 nitrogen and oxygen atoms in total. The molecule has 0 saturated heterocycles. The van der Waals surface area contributed by atoms with E-state index >= 15 is 0 Å². The fourth-order valence-corrected chi connectivity index (χ4v) is 2.92. The van der Waals surface area contributed by atoms with E-state index in [4.69, 9.17) is 5.73 Å². The molecule has 1 aliphatic rings. The number of pyridine rings is 1. The van der Waals surface area contributed by atoms with Gasteiger partial charge in [-0.25, -0.2) is 0 Å². The average molecular weight is 232 g/mol. The molecule has 2 atom stereocenters. The van der Waals surface area contributed by atoms with E-state index < -0.39 is 0 Å². The van der Waals surface area contributed by atoms with Crippen LogP contribution in [0.5, 0.6) is 0 Å². The van der Waals surface area contributed by atoms with Crippen molar-refractivity contribution in [3.63, 3.8) is 0 Å². The Kier molecular flexibility index (Phi) is 4.55. The molecule has 0 amide bonds. The molecule has 2 N–H and O–H groups in total. The van der Waals surface area contributed by atoms with Crippen molar-refractivity contribution in [1.82, 2.24) is 4.98 Å². The van der Waals surface area contributed by atoms with Gasteiger partial charge in [-0.05, 0) is 55.7 Å². The second-order valence-corrected chi connectivity index (χ2v) is 5.26. The Morgan fingerprint density at radius 2 is 2.00 bits per heavy atom. The van der Waals surface area contributed by atoms with E-state index in [9.17, 15) is 0 Å². The fourth-order valence-electron chi connectivity index (χ4n) is 2.92. The highest BCUT2D eigenvalue weighted by atomic mass is 14.7. The van der Waals surface area contributed by atoms with Gasteiger partial charge in [-0.3, -0.25) is 4.98 Å². The van der Waals surface area contributed by atoms with E-state index in [-0.39, 0.29) is 0 Å². The fraction of sp³-hybridized carbons (Fsp3) is 0.667. The summed E-state index contributed by atoms with van der Waals surface area (Å²) in [4.78, 5) is 4.57. The average Bonchev–Trinajstić information content (AvgIpc) is 2.40. The zero-order valence-electron chi connectivity index (χ0n) is 10.9. The summed E-state index contributed by atoms with van der Waals surface area (Å²) < 4.78 is 0. The number of aryl methyl sites for hydroxylation is 1. The molecule has 2 rings (SSSR count). The van der Waals surface area contributed by atoms with Crippen LogP contribution < -0.4 is 5.73 Å². The first-order valence-electron chi connectivity index (χ1n) is 6.97. The van der Waals surface area contributed by atoms with Gasteiger partial charge in [0.1, 0.15) is 0 Å². The van der Waals surface area contributed by atoms with E-state index in [0.29, 0.717) is 0 Å². The summed E-state index contributed by atoms with van der Waals surface area (Å²) in [5.74, 6) is 1.48. The molecule has 1 saturated carbocycles. The van der Waals surface area contributed by atoms with Gasteiger partial charge in [0.2, 0.25) is 0 Å². The van der Waals surface area contributed by atoms with Gasteiger partial charge in [-0.1, -0.05) is 25.8 Å². The second kappa shape index (κ2) is 6.15. The summed E-state index contributed by atoms with van der Waals surface area (Å²) in [5.41, 5.74) is 8.44. The lowest BCUT2D eigenvalue weighted by Crippen LogP contribution is -2.28. The molecule has 0 aliphatic heterocycles. The van der Waals surface area contributed by atoms with Crippen molar-refractivity contribution >= 4 is 0 Å². The molecule has 0 radical (unpaired) electrons. The summed E-state index contributed by atoms with van der Waals surface area (Å²) in [6.45, 7) is 3.01. The first-order valence-corrected chi connectivity index (χ1v) is 6.97. The van der Waals surface area contributed by atoms with Gasteiger partial charge in [0.25, 0.3) is 0 Å². The zero-order valence-corrected chi connectivity index (χ0v) is 10.9. The molecule has 1 aromatic heterocycles. The topological polar surface area (TPSA) is 38.9 Å². The Balaban J connectivity index is 1.98. The molecular formula is C15H24N2. The van der Waals surface area contributed by atoms with Crippen LogP contribution in [0.3, 0.4) is 0 Å². The van der Waals surface area contributed by atoms with Crippen molar-refractivity contribution in [3.05, 3.63) is 29.6 Å². The quantitative estimate of drug-likeness (QED) is 0.867. The molecule has 1 aliphatic carbocycles. The maximum atomic E-state index is 5.87. The molecular weight excluding hydrogens is 208 g/mol. The summed E-state index contributed by atoms with van der Waals surface area (Å²) >= 11 is 0. The van der Waals surface area contributed by atoms with Crippen molar-refractivity contribution in [1.29, 1.82) is 0 Å². The third-order valence-corrected chi connectivity index (χ3v) is 4.13. The van der Waals surface area contributed by atoms with Crippen molar-refractivity contribution in [2.75, 3.05) is 6.54 Å². The Hall–Kier alpha value is -0.890. The van der Waals surface area contributed by atoms with E-state index in [0.717, 1.165) is 31.2 Å². The molecule has 0 aromatic carbocycles. The van der Waals surface area contributed by atoms with Crippen LogP contribution in [0.2, 0.25) is 0 Å². The standard InChI is InChI=1S/C15H24N2/c1-2-12-7-8-15(17-11-12)9-13-5-3-4-6-14(13)10-16/h7-8,11,13-14H,2-6,9-10,16H2,1H3. The monoisotopic (exact) mass is 232 g/mol. The summed E-state index contributed by atoms with van der Waals surface area (Å²) in [6.07, 6.45) is 9.59. The van der Waals surface area contributed by atoms with Crippen LogP contribution in [-0.2, 0) is 12.8 Å². The van der Waals surface area contributed by atoms with Gasteiger partial charge >= 0.3 is 0 Å². The molecule has 1 fully saturated rings. The number of aromatic nitrogens is 1. The van der Waals surface area contributed by atoms with Crippen LogP contribution in [0.15, 0.2) is 18.3 Å². The molecule has 2 heteroatoms. The Morgan fingerprint density at radius 3 is 2.59 bits per heavy atom. The maximum absolute atomic E-state index is 5.87. The van der Waals surface area contributed by atoms with E-state index in [1.807, 2.05) is 6.20 Å². The smallest absolute Gasteiger partial charge is 0.0406 e. The van der Waals surface area contributed by atoms with Gasteiger partial charge in [-0.2, -0.15) is 0 Å². The van der Waals surface area contributed by atoms with Crippen LogP contribution in [-0.4, -0.2) is 11.5 Å². The molecule has 17 heavy (non-hydrogen) atoms. The third kappa shape index (κ3) is 3.29. The summed E-state index contributed by atoms with van der Waals surface area (Å²) in [6, 6.07) is 4.41. The summed E-state index contributed by atoms with van der Waals surface area (Å²) in [7, 11) is 0. The Labute approximate surface area is 105 Å². The van der Waals surface area contributed by atoms with Crippen LogP contribution >= 0.6 is 0 Å². The molecule has 2 unspecified atom stereocenters. The first-order chi connectivity index (χ1) is 8.33. The highest BCUT2D eigenvalue weighted by Gasteiger charge is 2.24.